The number of rotatable bonds is 2. The molecule has 0 radical (unpaired) electrons. The maximum Gasteiger partial charge on any atom is 0.303 e. The van der Waals surface area contributed by atoms with Gasteiger partial charge in [0, 0.05) is 32.6 Å². The second-order valence-electron chi connectivity index (χ2n) is 5.78. The molecule has 0 aromatic carbocycles. The zero-order chi connectivity index (χ0) is 10.6. The van der Waals surface area contributed by atoms with Gasteiger partial charge in [-0.05, 0) is 17.3 Å². The van der Waals surface area contributed by atoms with Gasteiger partial charge in [-0.25, -0.2) is 0 Å². The van der Waals surface area contributed by atoms with Crippen LogP contribution in [-0.4, -0.2) is 53.7 Å². The van der Waals surface area contributed by atoms with E-state index in [0.717, 1.165) is 32.8 Å². The van der Waals surface area contributed by atoms with Crippen molar-refractivity contribution >= 4 is 5.97 Å². The molecule has 15 heavy (non-hydrogen) atoms. The number of piperidine rings is 2. The molecule has 0 aromatic rings. The van der Waals surface area contributed by atoms with Crippen LogP contribution in [-0.2, 0) is 4.79 Å². The summed E-state index contributed by atoms with van der Waals surface area (Å²) >= 11 is 0. The van der Waals surface area contributed by atoms with Crippen molar-refractivity contribution in [3.8, 4) is 0 Å². The molecule has 4 saturated heterocycles. The summed E-state index contributed by atoms with van der Waals surface area (Å²) in [5.41, 5.74) is 0.220. The quantitative estimate of drug-likeness (QED) is 0.712. The lowest BCUT2D eigenvalue weighted by molar-refractivity contribution is -0.167. The monoisotopic (exact) mass is 210 g/mol. The van der Waals surface area contributed by atoms with Crippen LogP contribution in [0.15, 0.2) is 0 Å². The highest BCUT2D eigenvalue weighted by Crippen LogP contribution is 2.48. The van der Waals surface area contributed by atoms with Crippen molar-refractivity contribution in [2.75, 3.05) is 32.8 Å². The molecule has 4 heteroatoms. The lowest BCUT2D eigenvalue weighted by Crippen LogP contribution is -2.70. The molecule has 0 aliphatic carbocycles. The number of nitrogens with zero attached hydrogens (tertiary/aromatic N) is 2. The van der Waals surface area contributed by atoms with Crippen LogP contribution in [0.4, 0.5) is 0 Å². The molecule has 1 N–H and O–H groups in total. The summed E-state index contributed by atoms with van der Waals surface area (Å²) in [7, 11) is 0. The fraction of sp³-hybridized carbons (Fsp3) is 0.909. The summed E-state index contributed by atoms with van der Waals surface area (Å²) in [5, 5.41) is 8.99. The number of hydrogen-bond donors (Lipinski definition) is 1. The first kappa shape index (κ1) is 9.60. The van der Waals surface area contributed by atoms with Gasteiger partial charge in [0.25, 0.3) is 0 Å². The maximum atomic E-state index is 10.9. The fourth-order valence-corrected chi connectivity index (χ4v) is 4.08. The average Bonchev–Trinajstić information content (AvgIpc) is 2.09. The minimum atomic E-state index is -0.626. The van der Waals surface area contributed by atoms with Gasteiger partial charge in [0.05, 0.1) is 6.67 Å². The Hall–Kier alpha value is -0.610. The first-order chi connectivity index (χ1) is 7.07. The first-order valence-electron chi connectivity index (χ1n) is 5.73. The number of hydrogen-bond acceptors (Lipinski definition) is 3. The second-order valence-corrected chi connectivity index (χ2v) is 5.78. The number of carbonyl (C=O) groups is 1. The van der Waals surface area contributed by atoms with E-state index < -0.39 is 5.97 Å². The zero-order valence-electron chi connectivity index (χ0n) is 9.15. The lowest BCUT2D eigenvalue weighted by Gasteiger charge is -2.62. The third kappa shape index (κ3) is 1.39. The maximum absolute atomic E-state index is 10.9. The number of aliphatic carboxylic acids is 1. The minimum absolute atomic E-state index is 0.220. The summed E-state index contributed by atoms with van der Waals surface area (Å²) < 4.78 is 0. The summed E-state index contributed by atoms with van der Waals surface area (Å²) in [6.07, 6.45) is 0.364. The first-order valence-corrected chi connectivity index (χ1v) is 5.73. The van der Waals surface area contributed by atoms with E-state index in [4.69, 9.17) is 5.11 Å². The van der Waals surface area contributed by atoms with Crippen LogP contribution in [0.2, 0.25) is 0 Å². The number of carboxylic acids is 1. The highest BCUT2D eigenvalue weighted by molar-refractivity contribution is 5.67. The highest BCUT2D eigenvalue weighted by atomic mass is 16.4. The van der Waals surface area contributed by atoms with Crippen LogP contribution in [0.5, 0.6) is 0 Å². The Morgan fingerprint density at radius 2 is 2.00 bits per heavy atom. The molecule has 4 aliphatic heterocycles. The van der Waals surface area contributed by atoms with Gasteiger partial charge < -0.3 is 5.11 Å². The Balaban J connectivity index is 1.86. The van der Waals surface area contributed by atoms with Gasteiger partial charge in [-0.15, -0.1) is 0 Å². The Labute approximate surface area is 89.8 Å². The fourth-order valence-electron chi connectivity index (χ4n) is 4.08. The summed E-state index contributed by atoms with van der Waals surface area (Å²) in [4.78, 5) is 15.9. The van der Waals surface area contributed by atoms with Gasteiger partial charge in [0.2, 0.25) is 0 Å². The standard InChI is InChI=1S/C11H18N2O2/c1-11-5-12-3-8(4-13(6-11)7-12)9(11)2-10(14)15/h8-9H,2-7H2,1H3,(H,14,15). The molecular weight excluding hydrogens is 192 g/mol. The van der Waals surface area contributed by atoms with E-state index in [2.05, 4.69) is 16.7 Å². The average molecular weight is 210 g/mol. The van der Waals surface area contributed by atoms with Crippen LogP contribution in [0.3, 0.4) is 0 Å². The third-order valence-electron chi connectivity index (χ3n) is 4.41. The molecule has 4 aliphatic rings. The van der Waals surface area contributed by atoms with Gasteiger partial charge in [-0.1, -0.05) is 6.92 Å². The summed E-state index contributed by atoms with van der Waals surface area (Å²) in [6.45, 7) is 7.79. The zero-order valence-corrected chi connectivity index (χ0v) is 9.15. The molecule has 4 bridgehead atoms. The highest BCUT2D eigenvalue weighted by Gasteiger charge is 2.53. The molecule has 0 aromatic heterocycles. The molecule has 4 fully saturated rings. The Bertz CT molecular complexity index is 291. The number of carboxylic acid groups (broad SMARTS) is 1. The van der Waals surface area contributed by atoms with Gasteiger partial charge in [-0.3, -0.25) is 14.6 Å². The molecule has 0 spiro atoms. The van der Waals surface area contributed by atoms with Crippen molar-refractivity contribution in [3.63, 3.8) is 0 Å². The molecule has 3 atom stereocenters. The molecule has 0 amide bonds. The minimum Gasteiger partial charge on any atom is -0.481 e. The molecular formula is C11H18N2O2. The van der Waals surface area contributed by atoms with Gasteiger partial charge in [-0.2, -0.15) is 0 Å². The predicted octanol–water partition coefficient (Wildman–Crippen LogP) is 0.302. The SMILES string of the molecule is CC12CN3CC(CN(C3)C1)C2CC(=O)O. The Morgan fingerprint density at radius 3 is 2.47 bits per heavy atom. The normalized spacial score (nSPS) is 52.1. The van der Waals surface area contributed by atoms with Crippen molar-refractivity contribution in [2.24, 2.45) is 17.3 Å². The van der Waals surface area contributed by atoms with Gasteiger partial charge in [0.15, 0.2) is 0 Å². The van der Waals surface area contributed by atoms with E-state index in [0.29, 0.717) is 18.3 Å². The van der Waals surface area contributed by atoms with E-state index in [1.165, 1.54) is 0 Å². The van der Waals surface area contributed by atoms with Gasteiger partial charge in [0.1, 0.15) is 0 Å². The van der Waals surface area contributed by atoms with Crippen molar-refractivity contribution in [2.45, 2.75) is 13.3 Å². The largest absolute Gasteiger partial charge is 0.481 e. The molecule has 4 nitrogen and oxygen atoms in total. The second kappa shape index (κ2) is 2.95. The Morgan fingerprint density at radius 1 is 1.40 bits per heavy atom. The van der Waals surface area contributed by atoms with E-state index in [-0.39, 0.29) is 5.41 Å². The van der Waals surface area contributed by atoms with Crippen molar-refractivity contribution < 1.29 is 9.90 Å². The van der Waals surface area contributed by atoms with Gasteiger partial charge >= 0.3 is 5.97 Å². The van der Waals surface area contributed by atoms with Crippen molar-refractivity contribution in [3.05, 3.63) is 0 Å². The van der Waals surface area contributed by atoms with Crippen LogP contribution in [0.25, 0.3) is 0 Å². The molecule has 84 valence electrons. The van der Waals surface area contributed by atoms with Crippen LogP contribution in [0.1, 0.15) is 13.3 Å². The van der Waals surface area contributed by atoms with Crippen LogP contribution >= 0.6 is 0 Å². The Kier molecular flexibility index (Phi) is 1.89. The topological polar surface area (TPSA) is 43.8 Å². The smallest absolute Gasteiger partial charge is 0.303 e. The summed E-state index contributed by atoms with van der Waals surface area (Å²) in [5.74, 6) is 0.351. The predicted molar refractivity (Wildman–Crippen MR) is 55.4 cm³/mol. The molecule has 3 unspecified atom stereocenters. The molecule has 0 saturated carbocycles. The van der Waals surface area contributed by atoms with Crippen molar-refractivity contribution in [1.82, 2.24) is 9.80 Å². The van der Waals surface area contributed by atoms with Crippen LogP contribution < -0.4 is 0 Å². The third-order valence-corrected chi connectivity index (χ3v) is 4.41. The van der Waals surface area contributed by atoms with E-state index in [9.17, 15) is 4.79 Å². The summed E-state index contributed by atoms with van der Waals surface area (Å²) in [6, 6.07) is 0. The van der Waals surface area contributed by atoms with E-state index in [1.54, 1.807) is 0 Å². The van der Waals surface area contributed by atoms with E-state index >= 15 is 0 Å². The molecule has 4 rings (SSSR count). The molecule has 4 heterocycles. The van der Waals surface area contributed by atoms with Crippen LogP contribution in [0, 0.1) is 17.3 Å². The van der Waals surface area contributed by atoms with Crippen molar-refractivity contribution in [1.29, 1.82) is 0 Å². The lowest BCUT2D eigenvalue weighted by atomic mass is 9.62. The van der Waals surface area contributed by atoms with E-state index in [1.807, 2.05) is 0 Å².